The van der Waals surface area contributed by atoms with Crippen LogP contribution >= 0.6 is 11.6 Å². The zero-order chi connectivity index (χ0) is 17.6. The van der Waals surface area contributed by atoms with Crippen molar-refractivity contribution in [2.45, 2.75) is 50.9 Å². The molecule has 2 aromatic heterocycles. The Morgan fingerprint density at radius 3 is 2.80 bits per heavy atom. The first-order valence-corrected chi connectivity index (χ1v) is 9.06. The van der Waals surface area contributed by atoms with Gasteiger partial charge in [-0.25, -0.2) is 0 Å². The summed E-state index contributed by atoms with van der Waals surface area (Å²) in [6, 6.07) is 4.45. The lowest BCUT2D eigenvalue weighted by molar-refractivity contribution is -0.129. The number of hydrogen-bond donors (Lipinski definition) is 1. The lowest BCUT2D eigenvalue weighted by Gasteiger charge is -2.29. The van der Waals surface area contributed by atoms with E-state index in [1.807, 2.05) is 26.2 Å². The number of hydrogen-bond acceptors (Lipinski definition) is 4. The molecule has 2 fully saturated rings. The van der Waals surface area contributed by atoms with Crippen molar-refractivity contribution in [2.75, 3.05) is 0 Å². The summed E-state index contributed by atoms with van der Waals surface area (Å²) in [5, 5.41) is 8.56. The Morgan fingerprint density at radius 2 is 2.20 bits per heavy atom. The zero-order valence-electron chi connectivity index (χ0n) is 14.4. The number of carbonyl (C=O) groups is 1. The number of aryl methyl sites for hydroxylation is 2. The molecule has 0 spiro atoms. The molecule has 2 aromatic rings. The SMILES string of the molecule is Cc1nn(C)c(Cl)c1CN[C@@H]1CC(=O)N(C2CC2)[C@H]1c1cccnc1. The molecule has 1 N–H and O–H groups in total. The Balaban J connectivity index is 1.58. The molecule has 2 aliphatic rings. The maximum Gasteiger partial charge on any atom is 0.225 e. The van der Waals surface area contributed by atoms with Crippen LogP contribution < -0.4 is 5.32 Å². The second kappa shape index (κ2) is 6.42. The highest BCUT2D eigenvalue weighted by molar-refractivity contribution is 6.30. The molecular weight excluding hydrogens is 338 g/mol. The molecule has 132 valence electrons. The number of pyridine rings is 1. The molecule has 6 nitrogen and oxygen atoms in total. The zero-order valence-corrected chi connectivity index (χ0v) is 15.2. The van der Waals surface area contributed by atoms with Crippen LogP contribution in [0.2, 0.25) is 5.15 Å². The van der Waals surface area contributed by atoms with E-state index in [9.17, 15) is 4.79 Å². The number of nitrogens with one attached hydrogen (secondary N) is 1. The van der Waals surface area contributed by atoms with Crippen LogP contribution in [-0.2, 0) is 18.4 Å². The molecule has 1 aliphatic carbocycles. The molecule has 7 heteroatoms. The van der Waals surface area contributed by atoms with Gasteiger partial charge in [0.05, 0.1) is 11.7 Å². The fraction of sp³-hybridized carbons (Fsp3) is 0.500. The van der Waals surface area contributed by atoms with Crippen LogP contribution in [0.3, 0.4) is 0 Å². The van der Waals surface area contributed by atoms with Crippen molar-refractivity contribution >= 4 is 17.5 Å². The van der Waals surface area contributed by atoms with Crippen LogP contribution in [-0.4, -0.2) is 37.7 Å². The average Bonchev–Trinajstić information content (AvgIpc) is 3.34. The van der Waals surface area contributed by atoms with Gasteiger partial charge in [0.2, 0.25) is 5.91 Å². The van der Waals surface area contributed by atoms with Crippen molar-refractivity contribution in [2.24, 2.45) is 7.05 Å². The molecule has 1 aliphatic heterocycles. The van der Waals surface area contributed by atoms with E-state index in [4.69, 9.17) is 11.6 Å². The molecule has 0 aromatic carbocycles. The molecule has 4 rings (SSSR count). The van der Waals surface area contributed by atoms with Crippen LogP contribution in [0, 0.1) is 6.92 Å². The van der Waals surface area contributed by atoms with Crippen molar-refractivity contribution in [3.05, 3.63) is 46.5 Å². The second-order valence-electron chi connectivity index (χ2n) is 6.93. The maximum atomic E-state index is 12.6. The lowest BCUT2D eigenvalue weighted by Crippen LogP contribution is -2.37. The van der Waals surface area contributed by atoms with Gasteiger partial charge in [-0.05, 0) is 31.4 Å². The van der Waals surface area contributed by atoms with Gasteiger partial charge in [0, 0.05) is 50.1 Å². The van der Waals surface area contributed by atoms with Crippen LogP contribution in [0.25, 0.3) is 0 Å². The third kappa shape index (κ3) is 3.04. The lowest BCUT2D eigenvalue weighted by atomic mass is 10.0. The molecule has 1 saturated carbocycles. The highest BCUT2D eigenvalue weighted by atomic mass is 35.5. The Hall–Kier alpha value is -1.92. The first kappa shape index (κ1) is 16.5. The Morgan fingerprint density at radius 1 is 1.40 bits per heavy atom. The molecule has 1 amide bonds. The third-order valence-electron chi connectivity index (χ3n) is 5.14. The summed E-state index contributed by atoms with van der Waals surface area (Å²) in [4.78, 5) is 18.9. The maximum absolute atomic E-state index is 12.6. The summed E-state index contributed by atoms with van der Waals surface area (Å²) in [6.45, 7) is 2.56. The van der Waals surface area contributed by atoms with Gasteiger partial charge in [0.25, 0.3) is 0 Å². The number of rotatable bonds is 5. The van der Waals surface area contributed by atoms with Gasteiger partial charge >= 0.3 is 0 Å². The minimum atomic E-state index is 0.0319. The Bertz CT molecular complexity index is 786. The number of amides is 1. The molecule has 0 radical (unpaired) electrons. The number of nitrogens with zero attached hydrogens (tertiary/aromatic N) is 4. The topological polar surface area (TPSA) is 63.1 Å². The van der Waals surface area contributed by atoms with Crippen molar-refractivity contribution in [3.63, 3.8) is 0 Å². The van der Waals surface area contributed by atoms with E-state index < -0.39 is 0 Å². The molecular formula is C18H22ClN5O. The van der Waals surface area contributed by atoms with Crippen LogP contribution in [0.5, 0.6) is 0 Å². The predicted octanol–water partition coefficient (Wildman–Crippen LogP) is 2.37. The molecule has 1 saturated heterocycles. The highest BCUT2D eigenvalue weighted by Gasteiger charge is 2.47. The number of aromatic nitrogens is 3. The fourth-order valence-corrected chi connectivity index (χ4v) is 4.01. The Labute approximate surface area is 152 Å². The minimum Gasteiger partial charge on any atom is -0.331 e. The van der Waals surface area contributed by atoms with E-state index in [1.165, 1.54) is 0 Å². The van der Waals surface area contributed by atoms with E-state index >= 15 is 0 Å². The summed E-state index contributed by atoms with van der Waals surface area (Å²) in [7, 11) is 1.84. The molecule has 0 bridgehead atoms. The second-order valence-corrected chi connectivity index (χ2v) is 7.29. The number of carbonyl (C=O) groups excluding carboxylic acids is 1. The van der Waals surface area contributed by atoms with Crippen molar-refractivity contribution in [1.29, 1.82) is 0 Å². The van der Waals surface area contributed by atoms with Gasteiger partial charge in [-0.15, -0.1) is 0 Å². The summed E-state index contributed by atoms with van der Waals surface area (Å²) < 4.78 is 1.68. The van der Waals surface area contributed by atoms with E-state index in [2.05, 4.69) is 26.4 Å². The van der Waals surface area contributed by atoms with Crippen LogP contribution in [0.4, 0.5) is 0 Å². The first-order valence-electron chi connectivity index (χ1n) is 8.68. The summed E-state index contributed by atoms with van der Waals surface area (Å²) in [5.74, 6) is 0.225. The van der Waals surface area contributed by atoms with Gasteiger partial charge in [0.1, 0.15) is 5.15 Å². The summed E-state index contributed by atoms with van der Waals surface area (Å²) in [6.07, 6.45) is 6.34. The largest absolute Gasteiger partial charge is 0.331 e. The summed E-state index contributed by atoms with van der Waals surface area (Å²) >= 11 is 6.34. The van der Waals surface area contributed by atoms with Gasteiger partial charge in [-0.3, -0.25) is 14.5 Å². The minimum absolute atomic E-state index is 0.0319. The third-order valence-corrected chi connectivity index (χ3v) is 5.61. The first-order chi connectivity index (χ1) is 12.1. The predicted molar refractivity (Wildman–Crippen MR) is 95.0 cm³/mol. The monoisotopic (exact) mass is 359 g/mol. The van der Waals surface area contributed by atoms with E-state index in [0.717, 1.165) is 29.7 Å². The highest BCUT2D eigenvalue weighted by Crippen LogP contribution is 2.41. The fourth-order valence-electron chi connectivity index (χ4n) is 3.77. The average molecular weight is 360 g/mol. The smallest absolute Gasteiger partial charge is 0.225 e. The molecule has 0 unspecified atom stereocenters. The van der Waals surface area contributed by atoms with E-state index in [0.29, 0.717) is 24.2 Å². The molecule has 25 heavy (non-hydrogen) atoms. The van der Waals surface area contributed by atoms with Crippen LogP contribution in [0.1, 0.15) is 42.1 Å². The van der Waals surface area contributed by atoms with Gasteiger partial charge in [0.15, 0.2) is 0 Å². The van der Waals surface area contributed by atoms with Gasteiger partial charge < -0.3 is 10.2 Å². The van der Waals surface area contributed by atoms with Gasteiger partial charge in [-0.2, -0.15) is 5.10 Å². The number of halogens is 1. The van der Waals surface area contributed by atoms with Crippen LogP contribution in [0.15, 0.2) is 24.5 Å². The van der Waals surface area contributed by atoms with Crippen molar-refractivity contribution in [3.8, 4) is 0 Å². The molecule has 3 heterocycles. The summed E-state index contributed by atoms with van der Waals surface area (Å²) in [5.41, 5.74) is 3.00. The van der Waals surface area contributed by atoms with Gasteiger partial charge in [-0.1, -0.05) is 17.7 Å². The van der Waals surface area contributed by atoms with Crippen molar-refractivity contribution < 1.29 is 4.79 Å². The normalized spacial score (nSPS) is 23.5. The van der Waals surface area contributed by atoms with Crippen molar-refractivity contribution in [1.82, 2.24) is 25.0 Å². The standard InChI is InChI=1S/C18H22ClN5O/c1-11-14(18(19)23(2)22-11)10-21-15-8-16(25)24(13-5-6-13)17(15)12-4-3-7-20-9-12/h3-4,7,9,13,15,17,21H,5-6,8,10H2,1-2H3/t15-,17+/m1/s1. The quantitative estimate of drug-likeness (QED) is 0.890. The Kier molecular flexibility index (Phi) is 4.25. The van der Waals surface area contributed by atoms with E-state index in [1.54, 1.807) is 10.9 Å². The van der Waals surface area contributed by atoms with E-state index in [-0.39, 0.29) is 18.0 Å². The number of likely N-dealkylation sites (tertiary alicyclic amines) is 1. The molecule has 2 atom stereocenters.